The SMILES string of the molecule is NNC(c1ccc(F)cc1I)C1CCOC2(CCCC2)C1. The first-order chi connectivity index (χ1) is 10.1. The van der Waals surface area contributed by atoms with Gasteiger partial charge in [-0.25, -0.2) is 4.39 Å². The Morgan fingerprint density at radius 1 is 1.38 bits per heavy atom. The summed E-state index contributed by atoms with van der Waals surface area (Å²) in [6, 6.07) is 5.02. The largest absolute Gasteiger partial charge is 0.375 e. The molecule has 0 aromatic heterocycles. The van der Waals surface area contributed by atoms with Crippen molar-refractivity contribution < 1.29 is 9.13 Å². The van der Waals surface area contributed by atoms with Gasteiger partial charge in [0.2, 0.25) is 0 Å². The van der Waals surface area contributed by atoms with E-state index in [1.807, 2.05) is 6.07 Å². The molecule has 3 nitrogen and oxygen atoms in total. The topological polar surface area (TPSA) is 47.3 Å². The lowest BCUT2D eigenvalue weighted by Crippen LogP contribution is -2.43. The van der Waals surface area contributed by atoms with Crippen LogP contribution in [0.25, 0.3) is 0 Å². The van der Waals surface area contributed by atoms with Crippen molar-refractivity contribution in [3.63, 3.8) is 0 Å². The maximum absolute atomic E-state index is 13.3. The van der Waals surface area contributed by atoms with Crippen molar-refractivity contribution in [3.05, 3.63) is 33.1 Å². The molecular weight excluding hydrogens is 382 g/mol. The highest BCUT2D eigenvalue weighted by atomic mass is 127. The van der Waals surface area contributed by atoms with Crippen LogP contribution < -0.4 is 11.3 Å². The van der Waals surface area contributed by atoms with Gasteiger partial charge in [0.1, 0.15) is 5.82 Å². The molecule has 0 bridgehead atoms. The molecule has 5 heteroatoms. The van der Waals surface area contributed by atoms with Gasteiger partial charge < -0.3 is 4.74 Å². The van der Waals surface area contributed by atoms with Crippen molar-refractivity contribution in [2.75, 3.05) is 6.61 Å². The molecule has 0 radical (unpaired) electrons. The van der Waals surface area contributed by atoms with Crippen LogP contribution in [0.5, 0.6) is 0 Å². The van der Waals surface area contributed by atoms with Gasteiger partial charge in [0.15, 0.2) is 0 Å². The van der Waals surface area contributed by atoms with Gasteiger partial charge >= 0.3 is 0 Å². The Morgan fingerprint density at radius 3 is 2.81 bits per heavy atom. The summed E-state index contributed by atoms with van der Waals surface area (Å²) in [4.78, 5) is 0. The highest BCUT2D eigenvalue weighted by molar-refractivity contribution is 14.1. The van der Waals surface area contributed by atoms with Crippen molar-refractivity contribution >= 4 is 22.6 Å². The highest BCUT2D eigenvalue weighted by Gasteiger charge is 2.42. The minimum atomic E-state index is -0.196. The van der Waals surface area contributed by atoms with E-state index in [0.29, 0.717) is 5.92 Å². The number of hydrogen-bond acceptors (Lipinski definition) is 3. The molecule has 1 heterocycles. The summed E-state index contributed by atoms with van der Waals surface area (Å²) in [6.45, 7) is 0.806. The molecule has 1 aromatic rings. The smallest absolute Gasteiger partial charge is 0.124 e. The van der Waals surface area contributed by atoms with Crippen LogP contribution in [0, 0.1) is 15.3 Å². The van der Waals surface area contributed by atoms with E-state index in [1.54, 1.807) is 6.07 Å². The summed E-state index contributed by atoms with van der Waals surface area (Å²) >= 11 is 2.19. The van der Waals surface area contributed by atoms with Crippen LogP contribution in [0.4, 0.5) is 4.39 Å². The van der Waals surface area contributed by atoms with E-state index in [-0.39, 0.29) is 17.5 Å². The first kappa shape index (κ1) is 15.6. The second-order valence-electron chi connectivity index (χ2n) is 6.30. The van der Waals surface area contributed by atoms with E-state index in [1.165, 1.54) is 31.7 Å². The van der Waals surface area contributed by atoms with Crippen LogP contribution in [0.15, 0.2) is 18.2 Å². The Bertz CT molecular complexity index is 505. The van der Waals surface area contributed by atoms with Crippen LogP contribution in [0.1, 0.15) is 50.1 Å². The van der Waals surface area contributed by atoms with Crippen molar-refractivity contribution in [3.8, 4) is 0 Å². The third-order valence-electron chi connectivity index (χ3n) is 4.99. The second-order valence-corrected chi connectivity index (χ2v) is 7.46. The van der Waals surface area contributed by atoms with Gasteiger partial charge in [0.25, 0.3) is 0 Å². The maximum atomic E-state index is 13.3. The first-order valence-corrected chi connectivity index (χ1v) is 8.76. The Kier molecular flexibility index (Phi) is 4.83. The number of benzene rings is 1. The molecular formula is C16H22FIN2O. The molecule has 1 spiro atoms. The molecule has 2 unspecified atom stereocenters. The van der Waals surface area contributed by atoms with E-state index in [2.05, 4.69) is 28.0 Å². The zero-order chi connectivity index (χ0) is 14.9. The summed E-state index contributed by atoms with van der Waals surface area (Å²) in [5.74, 6) is 6.09. The maximum Gasteiger partial charge on any atom is 0.124 e. The number of hydrogen-bond donors (Lipinski definition) is 2. The lowest BCUT2D eigenvalue weighted by molar-refractivity contribution is -0.0982. The van der Waals surface area contributed by atoms with Crippen molar-refractivity contribution in [1.29, 1.82) is 0 Å². The Labute approximate surface area is 138 Å². The predicted octanol–water partition coefficient (Wildman–Crippen LogP) is 3.67. The molecule has 2 aliphatic rings. The monoisotopic (exact) mass is 404 g/mol. The molecule has 1 aliphatic heterocycles. The average Bonchev–Trinajstić information content (AvgIpc) is 2.90. The lowest BCUT2D eigenvalue weighted by atomic mass is 9.79. The molecule has 0 amide bonds. The van der Waals surface area contributed by atoms with Gasteiger partial charge in [-0.1, -0.05) is 18.9 Å². The molecule has 1 aromatic carbocycles. The predicted molar refractivity (Wildman–Crippen MR) is 89.1 cm³/mol. The van der Waals surface area contributed by atoms with Gasteiger partial charge in [0.05, 0.1) is 11.6 Å². The molecule has 3 N–H and O–H groups in total. The van der Waals surface area contributed by atoms with Crippen LogP contribution >= 0.6 is 22.6 Å². The van der Waals surface area contributed by atoms with E-state index in [0.717, 1.165) is 28.6 Å². The molecule has 21 heavy (non-hydrogen) atoms. The number of halogens is 2. The van der Waals surface area contributed by atoms with Gasteiger partial charge in [-0.05, 0) is 71.9 Å². The number of nitrogens with one attached hydrogen (secondary N) is 1. The average molecular weight is 404 g/mol. The molecule has 1 saturated heterocycles. The summed E-state index contributed by atoms with van der Waals surface area (Å²) in [5, 5.41) is 0. The van der Waals surface area contributed by atoms with Gasteiger partial charge in [0, 0.05) is 10.2 Å². The van der Waals surface area contributed by atoms with Crippen molar-refractivity contribution in [2.24, 2.45) is 11.8 Å². The number of hydrazine groups is 1. The zero-order valence-electron chi connectivity index (χ0n) is 12.1. The summed E-state index contributed by atoms with van der Waals surface area (Å²) in [5.41, 5.74) is 4.14. The van der Waals surface area contributed by atoms with Gasteiger partial charge in [-0.3, -0.25) is 11.3 Å². The zero-order valence-corrected chi connectivity index (χ0v) is 14.2. The van der Waals surface area contributed by atoms with E-state index in [4.69, 9.17) is 10.6 Å². The first-order valence-electron chi connectivity index (χ1n) is 7.69. The molecule has 1 saturated carbocycles. The van der Waals surface area contributed by atoms with Crippen molar-refractivity contribution in [2.45, 2.75) is 50.2 Å². The van der Waals surface area contributed by atoms with E-state index >= 15 is 0 Å². The quantitative estimate of drug-likeness (QED) is 0.459. The molecule has 116 valence electrons. The summed E-state index contributed by atoms with van der Waals surface area (Å²) < 4.78 is 20.4. The van der Waals surface area contributed by atoms with Crippen molar-refractivity contribution in [1.82, 2.24) is 5.43 Å². The Morgan fingerprint density at radius 2 is 2.14 bits per heavy atom. The third-order valence-corrected chi connectivity index (χ3v) is 5.93. The third kappa shape index (κ3) is 3.25. The molecule has 1 aliphatic carbocycles. The number of ether oxygens (including phenoxy) is 1. The molecule has 2 fully saturated rings. The number of nitrogens with two attached hydrogens (primary N) is 1. The van der Waals surface area contributed by atoms with E-state index < -0.39 is 0 Å². The fourth-order valence-electron chi connectivity index (χ4n) is 3.95. The minimum Gasteiger partial charge on any atom is -0.375 e. The number of rotatable bonds is 3. The Balaban J connectivity index is 1.82. The van der Waals surface area contributed by atoms with Crippen LogP contribution in [0.3, 0.4) is 0 Å². The molecule has 2 atom stereocenters. The van der Waals surface area contributed by atoms with Gasteiger partial charge in [-0.2, -0.15) is 0 Å². The Hall–Kier alpha value is -0.240. The summed E-state index contributed by atoms with van der Waals surface area (Å²) in [7, 11) is 0. The fourth-order valence-corrected chi connectivity index (χ4v) is 4.76. The second kappa shape index (κ2) is 6.48. The van der Waals surface area contributed by atoms with E-state index in [9.17, 15) is 4.39 Å². The van der Waals surface area contributed by atoms with Gasteiger partial charge in [-0.15, -0.1) is 0 Å². The molecule has 3 rings (SSSR count). The lowest BCUT2D eigenvalue weighted by Gasteiger charge is -2.41. The summed E-state index contributed by atoms with van der Waals surface area (Å²) in [6.07, 6.45) is 6.92. The highest BCUT2D eigenvalue weighted by Crippen LogP contribution is 2.45. The normalized spacial score (nSPS) is 26.1. The van der Waals surface area contributed by atoms with Crippen LogP contribution in [0.2, 0.25) is 0 Å². The van der Waals surface area contributed by atoms with Crippen LogP contribution in [-0.2, 0) is 4.74 Å². The van der Waals surface area contributed by atoms with Crippen LogP contribution in [-0.4, -0.2) is 12.2 Å². The fraction of sp³-hybridized carbons (Fsp3) is 0.625. The standard InChI is InChI=1S/C16H22FIN2O/c17-12-3-4-13(14(18)9-12)15(20-19)11-5-8-21-16(10-11)6-1-2-7-16/h3-4,9,11,15,20H,1-2,5-8,10,19H2. The minimum absolute atomic E-state index is 0.0684.